The molecule has 0 aromatic carbocycles. The van der Waals surface area contributed by atoms with E-state index in [4.69, 9.17) is 0 Å². The third-order valence-electron chi connectivity index (χ3n) is 4.96. The van der Waals surface area contributed by atoms with Gasteiger partial charge in [0.2, 0.25) is 0 Å². The third kappa shape index (κ3) is 2.82. The third-order valence-corrected chi connectivity index (χ3v) is 4.96. The highest BCUT2D eigenvalue weighted by atomic mass is 15.3. The molecular weight excluding hydrogens is 234 g/mol. The zero-order valence-corrected chi connectivity index (χ0v) is 12.1. The van der Waals surface area contributed by atoms with Gasteiger partial charge in [0.25, 0.3) is 0 Å². The number of pyridine rings is 1. The standard InChI is InChI=1S/C16H25N3/c1-3-16(2)12-18-15(13-7-8-13)11-19(16)10-14-6-4-5-9-17-14/h4-6,9,13,15,18H,3,7-8,10-12H2,1-2H3. The van der Waals surface area contributed by atoms with Crippen LogP contribution in [0.5, 0.6) is 0 Å². The second-order valence-corrected chi connectivity index (χ2v) is 6.38. The van der Waals surface area contributed by atoms with E-state index in [0.717, 1.165) is 19.0 Å². The van der Waals surface area contributed by atoms with Crippen molar-refractivity contribution in [1.29, 1.82) is 0 Å². The van der Waals surface area contributed by atoms with Crippen molar-refractivity contribution in [3.05, 3.63) is 30.1 Å². The first kappa shape index (κ1) is 13.1. The summed E-state index contributed by atoms with van der Waals surface area (Å²) < 4.78 is 0. The quantitative estimate of drug-likeness (QED) is 0.900. The van der Waals surface area contributed by atoms with Gasteiger partial charge in [0.15, 0.2) is 0 Å². The van der Waals surface area contributed by atoms with Crippen LogP contribution in [0, 0.1) is 5.92 Å². The minimum atomic E-state index is 0.267. The maximum atomic E-state index is 4.50. The van der Waals surface area contributed by atoms with Crippen molar-refractivity contribution in [3.8, 4) is 0 Å². The molecule has 0 radical (unpaired) electrons. The number of nitrogens with one attached hydrogen (secondary N) is 1. The normalized spacial score (nSPS) is 32.4. The van der Waals surface area contributed by atoms with Gasteiger partial charge in [0.05, 0.1) is 5.69 Å². The first-order chi connectivity index (χ1) is 9.21. The lowest BCUT2D eigenvalue weighted by Gasteiger charge is -2.48. The van der Waals surface area contributed by atoms with Crippen LogP contribution in [-0.2, 0) is 6.54 Å². The molecule has 1 saturated carbocycles. The molecule has 3 rings (SSSR count). The monoisotopic (exact) mass is 259 g/mol. The van der Waals surface area contributed by atoms with Crippen molar-refractivity contribution in [3.63, 3.8) is 0 Å². The van der Waals surface area contributed by atoms with Crippen LogP contribution >= 0.6 is 0 Å². The van der Waals surface area contributed by atoms with Gasteiger partial charge < -0.3 is 5.32 Å². The Bertz CT molecular complexity index is 415. The van der Waals surface area contributed by atoms with Crippen molar-refractivity contribution in [2.45, 2.75) is 51.2 Å². The summed E-state index contributed by atoms with van der Waals surface area (Å²) in [5.41, 5.74) is 1.46. The molecule has 1 N–H and O–H groups in total. The van der Waals surface area contributed by atoms with Crippen LogP contribution in [0.3, 0.4) is 0 Å². The molecule has 1 aromatic rings. The zero-order valence-electron chi connectivity index (χ0n) is 12.1. The molecule has 2 atom stereocenters. The molecule has 1 saturated heterocycles. The van der Waals surface area contributed by atoms with Crippen LogP contribution < -0.4 is 5.32 Å². The van der Waals surface area contributed by atoms with Crippen molar-refractivity contribution in [1.82, 2.24) is 15.2 Å². The first-order valence-corrected chi connectivity index (χ1v) is 7.59. The number of nitrogens with zero attached hydrogens (tertiary/aromatic N) is 2. The van der Waals surface area contributed by atoms with Gasteiger partial charge in [-0.2, -0.15) is 0 Å². The van der Waals surface area contributed by atoms with Gasteiger partial charge in [-0.05, 0) is 44.2 Å². The molecule has 0 spiro atoms. The Morgan fingerprint density at radius 2 is 2.26 bits per heavy atom. The summed E-state index contributed by atoms with van der Waals surface area (Å²) >= 11 is 0. The van der Waals surface area contributed by atoms with Gasteiger partial charge in [0, 0.05) is 37.4 Å². The second-order valence-electron chi connectivity index (χ2n) is 6.38. The van der Waals surface area contributed by atoms with Gasteiger partial charge in [-0.15, -0.1) is 0 Å². The van der Waals surface area contributed by atoms with Crippen LogP contribution in [0.2, 0.25) is 0 Å². The topological polar surface area (TPSA) is 28.2 Å². The summed E-state index contributed by atoms with van der Waals surface area (Å²) in [5, 5.41) is 3.78. The lowest BCUT2D eigenvalue weighted by molar-refractivity contribution is 0.0359. The van der Waals surface area contributed by atoms with E-state index in [2.05, 4.69) is 41.2 Å². The maximum absolute atomic E-state index is 4.50. The van der Waals surface area contributed by atoms with Crippen molar-refractivity contribution >= 4 is 0 Å². The van der Waals surface area contributed by atoms with Crippen LogP contribution in [0.25, 0.3) is 0 Å². The maximum Gasteiger partial charge on any atom is 0.0544 e. The van der Waals surface area contributed by atoms with Crippen molar-refractivity contribution in [2.24, 2.45) is 5.92 Å². The smallest absolute Gasteiger partial charge is 0.0544 e. The Morgan fingerprint density at radius 3 is 2.89 bits per heavy atom. The largest absolute Gasteiger partial charge is 0.311 e. The Morgan fingerprint density at radius 1 is 1.42 bits per heavy atom. The molecular formula is C16H25N3. The summed E-state index contributed by atoms with van der Waals surface area (Å²) in [4.78, 5) is 7.14. The average Bonchev–Trinajstić information content (AvgIpc) is 3.27. The van der Waals surface area contributed by atoms with E-state index < -0.39 is 0 Å². The van der Waals surface area contributed by atoms with E-state index in [-0.39, 0.29) is 5.54 Å². The lowest BCUT2D eigenvalue weighted by atomic mass is 9.91. The summed E-state index contributed by atoms with van der Waals surface area (Å²) in [6.07, 6.45) is 5.92. The van der Waals surface area contributed by atoms with E-state index in [0.29, 0.717) is 6.04 Å². The highest BCUT2D eigenvalue weighted by Crippen LogP contribution is 2.36. The highest BCUT2D eigenvalue weighted by molar-refractivity contribution is 5.07. The summed E-state index contributed by atoms with van der Waals surface area (Å²) in [6, 6.07) is 6.92. The predicted molar refractivity (Wildman–Crippen MR) is 77.9 cm³/mol. The molecule has 1 aliphatic heterocycles. The fourth-order valence-electron chi connectivity index (χ4n) is 3.09. The molecule has 2 fully saturated rings. The Kier molecular flexibility index (Phi) is 3.59. The average molecular weight is 259 g/mol. The summed E-state index contributed by atoms with van der Waals surface area (Å²) in [7, 11) is 0. The molecule has 3 nitrogen and oxygen atoms in total. The Labute approximate surface area is 116 Å². The SMILES string of the molecule is CCC1(C)CNC(C2CC2)CN1Cc1ccccn1. The Balaban J connectivity index is 1.73. The number of rotatable bonds is 4. The molecule has 1 aliphatic carbocycles. The fourth-order valence-corrected chi connectivity index (χ4v) is 3.09. The molecule has 0 amide bonds. The van der Waals surface area contributed by atoms with Gasteiger partial charge in [0.1, 0.15) is 0 Å². The molecule has 3 heteroatoms. The molecule has 19 heavy (non-hydrogen) atoms. The predicted octanol–water partition coefficient (Wildman–Crippen LogP) is 2.43. The minimum Gasteiger partial charge on any atom is -0.311 e. The van der Waals surface area contributed by atoms with Crippen LogP contribution in [0.1, 0.15) is 38.8 Å². The fraction of sp³-hybridized carbons (Fsp3) is 0.688. The second kappa shape index (κ2) is 5.22. The van der Waals surface area contributed by atoms with Gasteiger partial charge in [-0.1, -0.05) is 13.0 Å². The molecule has 1 aromatic heterocycles. The van der Waals surface area contributed by atoms with Gasteiger partial charge >= 0.3 is 0 Å². The van der Waals surface area contributed by atoms with E-state index >= 15 is 0 Å². The van der Waals surface area contributed by atoms with Crippen molar-refractivity contribution < 1.29 is 0 Å². The van der Waals surface area contributed by atoms with E-state index in [9.17, 15) is 0 Å². The number of aromatic nitrogens is 1. The van der Waals surface area contributed by atoms with E-state index in [1.807, 2.05) is 12.3 Å². The molecule has 2 heterocycles. The van der Waals surface area contributed by atoms with E-state index in [1.165, 1.54) is 31.5 Å². The number of piperazine rings is 1. The minimum absolute atomic E-state index is 0.267. The summed E-state index contributed by atoms with van der Waals surface area (Å²) in [6.45, 7) is 7.94. The van der Waals surface area contributed by atoms with Gasteiger partial charge in [-0.3, -0.25) is 9.88 Å². The highest BCUT2D eigenvalue weighted by Gasteiger charge is 2.41. The first-order valence-electron chi connectivity index (χ1n) is 7.59. The molecule has 2 unspecified atom stereocenters. The number of hydrogen-bond acceptors (Lipinski definition) is 3. The molecule has 2 aliphatic rings. The number of hydrogen-bond donors (Lipinski definition) is 1. The molecule has 0 bridgehead atoms. The summed E-state index contributed by atoms with van der Waals surface area (Å²) in [5.74, 6) is 0.924. The van der Waals surface area contributed by atoms with Crippen molar-refractivity contribution in [2.75, 3.05) is 13.1 Å². The van der Waals surface area contributed by atoms with Crippen LogP contribution in [0.15, 0.2) is 24.4 Å². The lowest BCUT2D eigenvalue weighted by Crippen LogP contribution is -2.63. The zero-order chi connectivity index (χ0) is 13.3. The molecule has 104 valence electrons. The van der Waals surface area contributed by atoms with Crippen LogP contribution in [0.4, 0.5) is 0 Å². The van der Waals surface area contributed by atoms with E-state index in [1.54, 1.807) is 0 Å². The Hall–Kier alpha value is -0.930. The van der Waals surface area contributed by atoms with Crippen LogP contribution in [-0.4, -0.2) is 34.6 Å². The van der Waals surface area contributed by atoms with Gasteiger partial charge in [-0.25, -0.2) is 0 Å².